The fourth-order valence-corrected chi connectivity index (χ4v) is 6.33. The molecule has 0 aliphatic rings. The summed E-state index contributed by atoms with van der Waals surface area (Å²) in [6, 6.07) is 8.98. The molecule has 0 bridgehead atoms. The van der Waals surface area contributed by atoms with E-state index in [-0.39, 0.29) is 0 Å². The second-order valence-electron chi connectivity index (χ2n) is 10.7. The summed E-state index contributed by atoms with van der Waals surface area (Å²) in [6.45, 7) is 6.17. The third-order valence-electron chi connectivity index (χ3n) is 6.92. The number of rotatable bonds is 24. The van der Waals surface area contributed by atoms with E-state index < -0.39 is 31.4 Å². The number of benzene rings is 1. The average molecular weight is 540 g/mol. The molecule has 0 spiro atoms. The van der Waals surface area contributed by atoms with Gasteiger partial charge in [-0.25, -0.2) is 4.79 Å². The van der Waals surface area contributed by atoms with Crippen molar-refractivity contribution < 1.29 is 23.9 Å². The average Bonchev–Trinajstić information content (AvgIpc) is 2.86. The predicted octanol–water partition coefficient (Wildman–Crippen LogP) is 8.85. The first-order valence-corrected chi connectivity index (χ1v) is 16.5. The van der Waals surface area contributed by atoms with Crippen LogP contribution in [0.1, 0.15) is 135 Å². The van der Waals surface area contributed by atoms with Crippen molar-refractivity contribution >= 4 is 13.6 Å². The highest BCUT2D eigenvalue weighted by atomic mass is 31.2. The van der Waals surface area contributed by atoms with Crippen LogP contribution in [0.4, 0.5) is 0 Å². The standard InChI is InChI=1S/C30H54NO5P/c1-4-5-6-7-8-9-10-11-12-13-14-15-16-17-18-22-25-31-29(27-23-20-19-21-24-27)37(34,35)36-28(26(2)3)30(32)33/h19-21,23-24,26,28-29,31H,4-18,22,25H2,1-3H3,(H,32,33)(H,34,35)/t28-,29+/m0/s1. The van der Waals surface area contributed by atoms with Gasteiger partial charge in [-0.3, -0.25) is 14.4 Å². The molecule has 7 heteroatoms. The van der Waals surface area contributed by atoms with Gasteiger partial charge in [0, 0.05) is 0 Å². The van der Waals surface area contributed by atoms with Crippen LogP contribution in [0.2, 0.25) is 0 Å². The number of carboxylic acid groups (broad SMARTS) is 1. The number of carboxylic acids is 1. The maximum atomic E-state index is 13.1. The molecule has 1 aromatic carbocycles. The Hall–Kier alpha value is -1.20. The molecule has 0 aliphatic carbocycles. The number of nitrogens with one attached hydrogen (secondary N) is 1. The van der Waals surface area contributed by atoms with Crippen LogP contribution in [-0.2, 0) is 13.9 Å². The maximum Gasteiger partial charge on any atom is 0.350 e. The highest BCUT2D eigenvalue weighted by molar-refractivity contribution is 7.53. The third-order valence-corrected chi connectivity index (χ3v) is 8.59. The Balaban J connectivity index is 2.24. The van der Waals surface area contributed by atoms with Crippen LogP contribution < -0.4 is 5.32 Å². The van der Waals surface area contributed by atoms with Gasteiger partial charge in [-0.2, -0.15) is 0 Å². The summed E-state index contributed by atoms with van der Waals surface area (Å²) in [4.78, 5) is 22.3. The van der Waals surface area contributed by atoms with E-state index in [4.69, 9.17) is 4.52 Å². The predicted molar refractivity (Wildman–Crippen MR) is 154 cm³/mol. The van der Waals surface area contributed by atoms with Gasteiger partial charge in [-0.15, -0.1) is 0 Å². The minimum absolute atomic E-state index is 0.422. The number of aliphatic carboxylic acids is 1. The fraction of sp³-hybridized carbons (Fsp3) is 0.767. The Morgan fingerprint density at radius 2 is 1.24 bits per heavy atom. The van der Waals surface area contributed by atoms with Gasteiger partial charge in [-0.05, 0) is 24.4 Å². The van der Waals surface area contributed by atoms with Gasteiger partial charge < -0.3 is 10.00 Å². The Kier molecular flexibility index (Phi) is 18.9. The van der Waals surface area contributed by atoms with E-state index in [1.54, 1.807) is 38.1 Å². The monoisotopic (exact) mass is 539 g/mol. The lowest BCUT2D eigenvalue weighted by Crippen LogP contribution is -2.31. The summed E-state index contributed by atoms with van der Waals surface area (Å²) in [5, 5.41) is 12.6. The second kappa shape index (κ2) is 20.7. The summed E-state index contributed by atoms with van der Waals surface area (Å²) < 4.78 is 18.5. The van der Waals surface area contributed by atoms with Gasteiger partial charge in [0.2, 0.25) is 0 Å². The van der Waals surface area contributed by atoms with Crippen molar-refractivity contribution in [3.63, 3.8) is 0 Å². The van der Waals surface area contributed by atoms with Crippen LogP contribution in [0.5, 0.6) is 0 Å². The van der Waals surface area contributed by atoms with Gasteiger partial charge in [0.15, 0.2) is 6.10 Å². The molecule has 214 valence electrons. The van der Waals surface area contributed by atoms with Crippen LogP contribution in [0.25, 0.3) is 0 Å². The first-order valence-electron chi connectivity index (χ1n) is 14.8. The van der Waals surface area contributed by atoms with Crippen molar-refractivity contribution in [2.24, 2.45) is 5.92 Å². The van der Waals surface area contributed by atoms with Crippen molar-refractivity contribution in [2.75, 3.05) is 6.54 Å². The summed E-state index contributed by atoms with van der Waals surface area (Å²) in [6.07, 6.45) is 19.4. The molecule has 37 heavy (non-hydrogen) atoms. The topological polar surface area (TPSA) is 95.9 Å². The van der Waals surface area contributed by atoms with Crippen LogP contribution in [-0.4, -0.2) is 28.6 Å². The van der Waals surface area contributed by atoms with Gasteiger partial charge in [0.25, 0.3) is 0 Å². The number of hydrogen-bond donors (Lipinski definition) is 3. The first-order chi connectivity index (χ1) is 17.8. The zero-order chi connectivity index (χ0) is 27.4. The highest BCUT2D eigenvalue weighted by Gasteiger charge is 2.39. The molecule has 3 atom stereocenters. The lowest BCUT2D eigenvalue weighted by molar-refractivity contribution is -0.147. The quantitative estimate of drug-likeness (QED) is 0.0897. The number of unbranched alkanes of at least 4 members (excludes halogenated alkanes) is 15. The molecule has 0 amide bonds. The Bertz CT molecular complexity index is 743. The van der Waals surface area contributed by atoms with E-state index in [9.17, 15) is 19.4 Å². The van der Waals surface area contributed by atoms with Crippen LogP contribution in [0.15, 0.2) is 30.3 Å². The smallest absolute Gasteiger partial charge is 0.350 e. The summed E-state index contributed by atoms with van der Waals surface area (Å²) >= 11 is 0. The number of carbonyl (C=O) groups is 1. The first kappa shape index (κ1) is 33.8. The fourth-order valence-electron chi connectivity index (χ4n) is 4.64. The summed E-state index contributed by atoms with van der Waals surface area (Å²) in [5.41, 5.74) is 0.623. The molecule has 3 N–H and O–H groups in total. The molecule has 0 radical (unpaired) electrons. The molecule has 1 rings (SSSR count). The Morgan fingerprint density at radius 3 is 1.65 bits per heavy atom. The molecule has 1 aromatic rings. The Labute approximate surface area is 226 Å². The highest BCUT2D eigenvalue weighted by Crippen LogP contribution is 2.56. The molecular formula is C30H54NO5P. The van der Waals surface area contributed by atoms with Gasteiger partial charge in [0.1, 0.15) is 5.78 Å². The molecule has 0 saturated heterocycles. The zero-order valence-corrected chi connectivity index (χ0v) is 24.6. The third kappa shape index (κ3) is 15.7. The molecule has 0 aromatic heterocycles. The van der Waals surface area contributed by atoms with E-state index in [0.717, 1.165) is 19.3 Å². The van der Waals surface area contributed by atoms with Crippen molar-refractivity contribution in [2.45, 2.75) is 135 Å². The van der Waals surface area contributed by atoms with Crippen molar-refractivity contribution in [1.29, 1.82) is 0 Å². The normalized spacial score (nSPS) is 14.9. The molecular weight excluding hydrogens is 485 g/mol. The van der Waals surface area contributed by atoms with Crippen molar-refractivity contribution in [1.82, 2.24) is 5.32 Å². The van der Waals surface area contributed by atoms with Crippen molar-refractivity contribution in [3.8, 4) is 0 Å². The van der Waals surface area contributed by atoms with Crippen molar-refractivity contribution in [3.05, 3.63) is 35.9 Å². The largest absolute Gasteiger partial charge is 0.479 e. The SMILES string of the molecule is CCCCCCCCCCCCCCCCCCN[C@@H](c1ccccc1)P(=O)(O)O[C@H](C(=O)O)C(C)C. The molecule has 0 saturated carbocycles. The van der Waals surface area contributed by atoms with E-state index in [2.05, 4.69) is 12.2 Å². The van der Waals surface area contributed by atoms with Crippen LogP contribution >= 0.6 is 7.60 Å². The minimum atomic E-state index is -4.27. The molecule has 0 heterocycles. The van der Waals surface area contributed by atoms with Gasteiger partial charge >= 0.3 is 13.6 Å². The zero-order valence-electron chi connectivity index (χ0n) is 23.7. The second-order valence-corrected chi connectivity index (χ2v) is 12.6. The summed E-state index contributed by atoms with van der Waals surface area (Å²) in [5.74, 6) is -2.60. The molecule has 0 aliphatic heterocycles. The van der Waals surface area contributed by atoms with E-state index in [1.807, 2.05) is 6.07 Å². The maximum absolute atomic E-state index is 13.1. The summed E-state index contributed by atoms with van der Waals surface area (Å²) in [7, 11) is -4.27. The lowest BCUT2D eigenvalue weighted by Gasteiger charge is -2.28. The van der Waals surface area contributed by atoms with Gasteiger partial charge in [-0.1, -0.05) is 147 Å². The molecule has 0 fully saturated rings. The van der Waals surface area contributed by atoms with E-state index >= 15 is 0 Å². The molecule has 1 unspecified atom stereocenters. The Morgan fingerprint density at radius 1 is 0.811 bits per heavy atom. The number of hydrogen-bond acceptors (Lipinski definition) is 4. The van der Waals surface area contributed by atoms with E-state index in [1.165, 1.54) is 83.5 Å². The van der Waals surface area contributed by atoms with Crippen LogP contribution in [0.3, 0.4) is 0 Å². The van der Waals surface area contributed by atoms with Crippen LogP contribution in [0, 0.1) is 5.92 Å². The minimum Gasteiger partial charge on any atom is -0.479 e. The lowest BCUT2D eigenvalue weighted by atomic mass is 10.0. The van der Waals surface area contributed by atoms with E-state index in [0.29, 0.717) is 12.1 Å². The van der Waals surface area contributed by atoms with Gasteiger partial charge in [0.05, 0.1) is 0 Å². The molecule has 6 nitrogen and oxygen atoms in total.